The van der Waals surface area contributed by atoms with Crippen LogP contribution in [0.1, 0.15) is 0 Å². The Hall–Kier alpha value is 0.663. The molecule has 0 aromatic carbocycles. The number of carbonyl (C=O) groups excluding carboxylic acids is 2. The van der Waals surface area contributed by atoms with E-state index in [-0.39, 0.29) is 19.5 Å². The van der Waals surface area contributed by atoms with Crippen LogP contribution in [0.4, 0.5) is 0 Å². The largest absolute Gasteiger partial charge is 2.00 e. The second-order valence-corrected chi connectivity index (χ2v) is 8.87. The van der Waals surface area contributed by atoms with Crippen molar-refractivity contribution < 1.29 is 39.3 Å². The van der Waals surface area contributed by atoms with Crippen LogP contribution in [0.3, 0.4) is 0 Å². The fourth-order valence-electron chi connectivity index (χ4n) is 0.827. The predicted molar refractivity (Wildman–Crippen MR) is 86.4 cm³/mol. The SMILES string of the molecule is O=C([O-])C1(S)NNC(=S)S1.O=C([O-])C1(S)NNC(=S)S1.[Zn+2]. The van der Waals surface area contributed by atoms with Crippen molar-refractivity contribution in [1.82, 2.24) is 21.7 Å². The van der Waals surface area contributed by atoms with E-state index in [1.807, 2.05) is 0 Å². The first-order valence-corrected chi connectivity index (χ1v) is 7.83. The standard InChI is InChI=1S/2C3H4N2O2S3.Zn/c2*6-1(7)3(9)5-4-2(8)10-3;/h2*5,9H,(H,4,8)(H,6,7);/q;;+2/p-2. The average Bonchev–Trinajstić information content (AvgIpc) is 2.85. The third kappa shape index (κ3) is 5.99. The van der Waals surface area contributed by atoms with Gasteiger partial charge in [-0.25, -0.2) is 10.9 Å². The molecule has 0 aliphatic carbocycles. The Morgan fingerprint density at radius 1 is 0.952 bits per heavy atom. The topological polar surface area (TPSA) is 128 Å². The summed E-state index contributed by atoms with van der Waals surface area (Å²) < 4.78 is -2.15. The van der Waals surface area contributed by atoms with Crippen molar-refractivity contribution in [2.75, 3.05) is 0 Å². The summed E-state index contributed by atoms with van der Waals surface area (Å²) in [4.78, 5) is 20.6. The third-order valence-corrected chi connectivity index (χ3v) is 5.25. The number of nitrogens with one attached hydrogen (secondary N) is 4. The van der Waals surface area contributed by atoms with Gasteiger partial charge in [0.25, 0.3) is 0 Å². The molecule has 2 unspecified atom stereocenters. The van der Waals surface area contributed by atoms with Gasteiger partial charge in [0.05, 0.1) is 11.9 Å². The van der Waals surface area contributed by atoms with E-state index >= 15 is 0 Å². The van der Waals surface area contributed by atoms with Crippen molar-refractivity contribution in [3.8, 4) is 0 Å². The number of thiol groups is 2. The summed E-state index contributed by atoms with van der Waals surface area (Å²) in [7, 11) is 0. The summed E-state index contributed by atoms with van der Waals surface area (Å²) in [5.41, 5.74) is 9.59. The maximum absolute atomic E-state index is 10.3. The van der Waals surface area contributed by atoms with Gasteiger partial charge in [0.2, 0.25) is 0 Å². The van der Waals surface area contributed by atoms with E-state index in [0.29, 0.717) is 8.64 Å². The van der Waals surface area contributed by atoms with Crippen LogP contribution in [0.2, 0.25) is 0 Å². The number of hydrogen-bond acceptors (Lipinski definition) is 12. The maximum Gasteiger partial charge on any atom is 2.00 e. The van der Waals surface area contributed by atoms with E-state index in [9.17, 15) is 19.8 Å². The van der Waals surface area contributed by atoms with Gasteiger partial charge >= 0.3 is 19.5 Å². The fraction of sp³-hybridized carbons (Fsp3) is 0.333. The van der Waals surface area contributed by atoms with Crippen LogP contribution in [0.15, 0.2) is 0 Å². The molecular formula is C6H6N4O4S6Zn. The summed E-state index contributed by atoms with van der Waals surface area (Å²) in [6, 6.07) is 0. The molecule has 0 aromatic rings. The monoisotopic (exact) mass is 454 g/mol. The Morgan fingerprint density at radius 2 is 1.24 bits per heavy atom. The van der Waals surface area contributed by atoms with Crippen molar-refractivity contribution in [2.24, 2.45) is 0 Å². The van der Waals surface area contributed by atoms with Crippen molar-refractivity contribution in [3.05, 3.63) is 0 Å². The molecule has 0 aromatic heterocycles. The second-order valence-electron chi connectivity index (χ2n) is 3.14. The number of carboxylic acid groups (broad SMARTS) is 2. The summed E-state index contributed by atoms with van der Waals surface area (Å²) >= 11 is 18.6. The number of thioether (sulfide) groups is 2. The number of hydrazine groups is 2. The van der Waals surface area contributed by atoms with E-state index in [0.717, 1.165) is 23.5 Å². The first-order chi connectivity index (χ1) is 9.09. The fourth-order valence-corrected chi connectivity index (χ4v) is 3.82. The molecule has 4 N–H and O–H groups in total. The molecule has 0 spiro atoms. The molecule has 8 nitrogen and oxygen atoms in total. The molecule has 2 atom stereocenters. The molecule has 2 aliphatic heterocycles. The van der Waals surface area contributed by atoms with Gasteiger partial charge in [0, 0.05) is 0 Å². The van der Waals surface area contributed by atoms with Crippen molar-refractivity contribution >= 4 is 93.8 Å². The normalized spacial score (nSPS) is 30.4. The summed E-state index contributed by atoms with van der Waals surface area (Å²) in [6.07, 6.45) is 0. The summed E-state index contributed by atoms with van der Waals surface area (Å²) in [5.74, 6) is -2.62. The maximum atomic E-state index is 10.3. The Kier molecular flexibility index (Phi) is 8.77. The number of hydrogen-bond donors (Lipinski definition) is 6. The molecule has 0 radical (unpaired) electrons. The van der Waals surface area contributed by atoms with Gasteiger partial charge < -0.3 is 30.7 Å². The first-order valence-electron chi connectivity index (χ1n) is 4.49. The molecule has 21 heavy (non-hydrogen) atoms. The number of rotatable bonds is 2. The molecule has 2 rings (SSSR count). The smallest absolute Gasteiger partial charge is 0.546 e. The van der Waals surface area contributed by atoms with E-state index in [1.54, 1.807) is 0 Å². The summed E-state index contributed by atoms with van der Waals surface area (Å²) in [5, 5.41) is 20.6. The minimum absolute atomic E-state index is 0. The Morgan fingerprint density at radius 3 is 1.33 bits per heavy atom. The van der Waals surface area contributed by atoms with E-state index in [4.69, 9.17) is 0 Å². The van der Waals surface area contributed by atoms with Crippen LogP contribution in [0.5, 0.6) is 0 Å². The first kappa shape index (κ1) is 21.7. The zero-order valence-electron chi connectivity index (χ0n) is 9.87. The molecule has 15 heteroatoms. The van der Waals surface area contributed by atoms with Gasteiger partial charge in [-0.2, -0.15) is 0 Å². The molecule has 112 valence electrons. The molecule has 0 amide bonds. The summed E-state index contributed by atoms with van der Waals surface area (Å²) in [6.45, 7) is 0. The van der Waals surface area contributed by atoms with E-state index < -0.39 is 20.3 Å². The van der Waals surface area contributed by atoms with E-state index in [1.165, 1.54) is 0 Å². The van der Waals surface area contributed by atoms with Crippen molar-refractivity contribution in [2.45, 2.75) is 8.41 Å². The van der Waals surface area contributed by atoms with Crippen LogP contribution in [-0.2, 0) is 29.1 Å². The zero-order chi connectivity index (χ0) is 15.6. The zero-order valence-corrected chi connectivity index (χ0v) is 17.9. The number of carboxylic acids is 2. The average molecular weight is 456 g/mol. The third-order valence-electron chi connectivity index (χ3n) is 1.70. The van der Waals surface area contributed by atoms with Gasteiger partial charge in [-0.1, -0.05) is 48.0 Å². The molecule has 2 aliphatic rings. The number of carbonyl (C=O) groups is 2. The quantitative estimate of drug-likeness (QED) is 0.143. The molecule has 2 fully saturated rings. The second kappa shape index (κ2) is 8.50. The van der Waals surface area contributed by atoms with Crippen LogP contribution < -0.4 is 31.9 Å². The minimum atomic E-state index is -1.42. The molecule has 2 heterocycles. The van der Waals surface area contributed by atoms with Crippen molar-refractivity contribution in [3.63, 3.8) is 0 Å². The predicted octanol–water partition coefficient (Wildman–Crippen LogP) is -3.11. The molecule has 0 saturated carbocycles. The van der Waals surface area contributed by atoms with Crippen LogP contribution in [0.25, 0.3) is 0 Å². The minimum Gasteiger partial charge on any atom is -0.546 e. The van der Waals surface area contributed by atoms with Gasteiger partial charge in [-0.3, -0.25) is 0 Å². The number of aliphatic carboxylic acids is 2. The molecular weight excluding hydrogens is 450 g/mol. The van der Waals surface area contributed by atoms with Gasteiger partial charge in [0.1, 0.15) is 0 Å². The Balaban J connectivity index is 0.000000364. The van der Waals surface area contributed by atoms with Gasteiger partial charge in [-0.05, 0) is 0 Å². The number of thiocarbonyl (C=S) groups is 2. The molecule has 2 saturated heterocycles. The van der Waals surface area contributed by atoms with Crippen LogP contribution in [0, 0.1) is 0 Å². The van der Waals surface area contributed by atoms with Crippen molar-refractivity contribution in [1.29, 1.82) is 0 Å². The Bertz CT molecular complexity index is 440. The van der Waals surface area contributed by atoms with Gasteiger partial charge in [0.15, 0.2) is 17.0 Å². The Labute approximate surface area is 162 Å². The van der Waals surface area contributed by atoms with E-state index in [2.05, 4.69) is 71.4 Å². The van der Waals surface area contributed by atoms with Crippen LogP contribution >= 0.6 is 73.2 Å². The van der Waals surface area contributed by atoms with Gasteiger partial charge in [-0.15, -0.1) is 25.3 Å². The molecule has 0 bridgehead atoms. The van der Waals surface area contributed by atoms with Crippen LogP contribution in [-0.4, -0.2) is 29.0 Å².